The van der Waals surface area contributed by atoms with E-state index in [0.717, 1.165) is 64.8 Å². The van der Waals surface area contributed by atoms with Crippen LogP contribution in [0.3, 0.4) is 0 Å². The zero-order valence-corrected chi connectivity index (χ0v) is 12.8. The first-order valence-electron chi connectivity index (χ1n) is 8.46. The van der Waals surface area contributed by atoms with Crippen molar-refractivity contribution in [3.05, 3.63) is 0 Å². The Morgan fingerprint density at radius 3 is 2.45 bits per heavy atom. The van der Waals surface area contributed by atoms with E-state index in [2.05, 4.69) is 6.92 Å². The number of carbonyl (C=O) groups excluding carboxylic acids is 1. The van der Waals surface area contributed by atoms with Gasteiger partial charge in [0, 0.05) is 31.2 Å². The molecule has 1 aliphatic carbocycles. The minimum Gasteiger partial charge on any atom is -0.381 e. The van der Waals surface area contributed by atoms with E-state index >= 15 is 0 Å². The van der Waals surface area contributed by atoms with Gasteiger partial charge < -0.3 is 9.47 Å². The molecule has 0 aromatic heterocycles. The van der Waals surface area contributed by atoms with E-state index < -0.39 is 0 Å². The summed E-state index contributed by atoms with van der Waals surface area (Å²) in [6.45, 7) is 4.54. The standard InChI is InChI=1S/C17H28O3/c1-2-16(6-3-4-7-16)15(18)14-5-10-20-17(13-14)8-11-19-12-9-17/h14H,2-13H2,1H3. The Kier molecular flexibility index (Phi) is 4.19. The molecule has 0 aromatic carbocycles. The molecule has 0 radical (unpaired) electrons. The SMILES string of the molecule is CCC1(C(=O)C2CCOC3(CCOCC3)C2)CCCC1. The van der Waals surface area contributed by atoms with Crippen LogP contribution in [-0.4, -0.2) is 31.2 Å². The van der Waals surface area contributed by atoms with Gasteiger partial charge in [0.25, 0.3) is 0 Å². The van der Waals surface area contributed by atoms with Crippen molar-refractivity contribution in [3.63, 3.8) is 0 Å². The number of hydrogen-bond donors (Lipinski definition) is 0. The fourth-order valence-corrected chi connectivity index (χ4v) is 4.60. The van der Waals surface area contributed by atoms with Crippen molar-refractivity contribution in [2.45, 2.75) is 70.3 Å². The molecule has 114 valence electrons. The van der Waals surface area contributed by atoms with Crippen LogP contribution in [-0.2, 0) is 14.3 Å². The zero-order chi connectivity index (χ0) is 14.1. The Hall–Kier alpha value is -0.410. The summed E-state index contributed by atoms with van der Waals surface area (Å²) >= 11 is 0. The molecule has 0 bridgehead atoms. The summed E-state index contributed by atoms with van der Waals surface area (Å²) in [5, 5.41) is 0. The summed E-state index contributed by atoms with van der Waals surface area (Å²) in [7, 11) is 0. The third kappa shape index (κ3) is 2.55. The predicted octanol–water partition coefficient (Wildman–Crippen LogP) is 3.50. The molecule has 1 saturated carbocycles. The number of hydrogen-bond acceptors (Lipinski definition) is 3. The maximum atomic E-state index is 13.1. The van der Waals surface area contributed by atoms with Crippen molar-refractivity contribution in [2.75, 3.05) is 19.8 Å². The molecular weight excluding hydrogens is 252 g/mol. The largest absolute Gasteiger partial charge is 0.381 e. The molecule has 0 N–H and O–H groups in total. The smallest absolute Gasteiger partial charge is 0.142 e. The molecule has 3 fully saturated rings. The summed E-state index contributed by atoms with van der Waals surface area (Å²) < 4.78 is 11.6. The van der Waals surface area contributed by atoms with E-state index in [1.807, 2.05) is 0 Å². The number of ketones is 1. The lowest BCUT2D eigenvalue weighted by atomic mass is 9.69. The molecule has 3 aliphatic rings. The molecule has 2 aliphatic heterocycles. The molecule has 3 heteroatoms. The average molecular weight is 280 g/mol. The lowest BCUT2D eigenvalue weighted by molar-refractivity contribution is -0.162. The van der Waals surface area contributed by atoms with Gasteiger partial charge in [0.2, 0.25) is 0 Å². The van der Waals surface area contributed by atoms with Gasteiger partial charge in [-0.05, 0) is 44.9 Å². The van der Waals surface area contributed by atoms with Crippen LogP contribution in [0.25, 0.3) is 0 Å². The number of Topliss-reactive ketones (excluding diaryl/α,β-unsaturated/α-hetero) is 1. The second-order valence-electron chi connectivity index (χ2n) is 7.04. The number of carbonyl (C=O) groups is 1. The topological polar surface area (TPSA) is 35.5 Å². The van der Waals surface area contributed by atoms with E-state index in [0.29, 0.717) is 5.78 Å². The van der Waals surface area contributed by atoms with Crippen LogP contribution >= 0.6 is 0 Å². The van der Waals surface area contributed by atoms with Gasteiger partial charge in [-0.25, -0.2) is 0 Å². The van der Waals surface area contributed by atoms with Crippen LogP contribution in [0.4, 0.5) is 0 Å². The first-order chi connectivity index (χ1) is 9.70. The Morgan fingerprint density at radius 1 is 1.10 bits per heavy atom. The normalized spacial score (nSPS) is 32.4. The molecule has 1 unspecified atom stereocenters. The second-order valence-corrected chi connectivity index (χ2v) is 7.04. The average Bonchev–Trinajstić information content (AvgIpc) is 2.97. The van der Waals surface area contributed by atoms with Crippen molar-refractivity contribution in [3.8, 4) is 0 Å². The van der Waals surface area contributed by atoms with Crippen LogP contribution in [0, 0.1) is 11.3 Å². The van der Waals surface area contributed by atoms with Crippen LogP contribution in [0.1, 0.15) is 64.7 Å². The predicted molar refractivity (Wildman–Crippen MR) is 77.7 cm³/mol. The minimum absolute atomic E-state index is 0.00830. The monoisotopic (exact) mass is 280 g/mol. The van der Waals surface area contributed by atoms with Gasteiger partial charge in [0.05, 0.1) is 5.60 Å². The lowest BCUT2D eigenvalue weighted by Gasteiger charge is -2.44. The van der Waals surface area contributed by atoms with E-state index in [4.69, 9.17) is 9.47 Å². The summed E-state index contributed by atoms with van der Waals surface area (Å²) in [4.78, 5) is 13.1. The molecular formula is C17H28O3. The molecule has 1 spiro atoms. The Bertz CT molecular complexity index is 346. The van der Waals surface area contributed by atoms with Crippen LogP contribution in [0.5, 0.6) is 0 Å². The Balaban J connectivity index is 1.71. The van der Waals surface area contributed by atoms with Gasteiger partial charge in [0.15, 0.2) is 0 Å². The van der Waals surface area contributed by atoms with E-state index in [1.165, 1.54) is 12.8 Å². The highest BCUT2D eigenvalue weighted by molar-refractivity contribution is 5.87. The van der Waals surface area contributed by atoms with Crippen molar-refractivity contribution in [2.24, 2.45) is 11.3 Å². The highest BCUT2D eigenvalue weighted by Crippen LogP contribution is 2.47. The molecule has 1 atom stereocenters. The van der Waals surface area contributed by atoms with E-state index in [9.17, 15) is 4.79 Å². The first-order valence-corrected chi connectivity index (χ1v) is 8.46. The first kappa shape index (κ1) is 14.5. The third-order valence-electron chi connectivity index (χ3n) is 6.03. The van der Waals surface area contributed by atoms with Gasteiger partial charge in [-0.15, -0.1) is 0 Å². The van der Waals surface area contributed by atoms with Gasteiger partial charge in [0.1, 0.15) is 5.78 Å². The number of rotatable bonds is 3. The van der Waals surface area contributed by atoms with E-state index in [1.54, 1.807) is 0 Å². The molecule has 0 aromatic rings. The maximum Gasteiger partial charge on any atom is 0.142 e. The van der Waals surface area contributed by atoms with Crippen LogP contribution in [0.2, 0.25) is 0 Å². The highest BCUT2D eigenvalue weighted by Gasteiger charge is 2.47. The summed E-state index contributed by atoms with van der Waals surface area (Å²) in [5.41, 5.74) is -0.0429. The lowest BCUT2D eigenvalue weighted by Crippen LogP contribution is -2.48. The fraction of sp³-hybridized carbons (Fsp3) is 0.941. The summed E-state index contributed by atoms with van der Waals surface area (Å²) in [6.07, 6.45) is 9.56. The molecule has 2 heterocycles. The molecule has 2 saturated heterocycles. The molecule has 3 rings (SSSR count). The summed E-state index contributed by atoms with van der Waals surface area (Å²) in [6, 6.07) is 0. The maximum absolute atomic E-state index is 13.1. The number of ether oxygens (including phenoxy) is 2. The summed E-state index contributed by atoms with van der Waals surface area (Å²) in [5.74, 6) is 0.798. The van der Waals surface area contributed by atoms with Crippen LogP contribution < -0.4 is 0 Å². The third-order valence-corrected chi connectivity index (χ3v) is 6.03. The highest BCUT2D eigenvalue weighted by atomic mass is 16.5. The van der Waals surface area contributed by atoms with Gasteiger partial charge in [-0.3, -0.25) is 4.79 Å². The van der Waals surface area contributed by atoms with Gasteiger partial charge >= 0.3 is 0 Å². The quantitative estimate of drug-likeness (QED) is 0.793. The molecule has 0 amide bonds. The second kappa shape index (κ2) is 5.76. The van der Waals surface area contributed by atoms with Crippen molar-refractivity contribution < 1.29 is 14.3 Å². The van der Waals surface area contributed by atoms with Crippen LogP contribution in [0.15, 0.2) is 0 Å². The zero-order valence-electron chi connectivity index (χ0n) is 12.8. The Labute approximate surface area is 122 Å². The minimum atomic E-state index is -0.0512. The van der Waals surface area contributed by atoms with Crippen molar-refractivity contribution in [1.29, 1.82) is 0 Å². The van der Waals surface area contributed by atoms with E-state index in [-0.39, 0.29) is 16.9 Å². The van der Waals surface area contributed by atoms with Crippen molar-refractivity contribution >= 4 is 5.78 Å². The molecule has 3 nitrogen and oxygen atoms in total. The van der Waals surface area contributed by atoms with Gasteiger partial charge in [-0.2, -0.15) is 0 Å². The van der Waals surface area contributed by atoms with Gasteiger partial charge in [-0.1, -0.05) is 19.8 Å². The Morgan fingerprint density at radius 2 is 1.80 bits per heavy atom. The molecule has 20 heavy (non-hydrogen) atoms. The fourth-order valence-electron chi connectivity index (χ4n) is 4.60. The van der Waals surface area contributed by atoms with Crippen molar-refractivity contribution in [1.82, 2.24) is 0 Å².